The van der Waals surface area contributed by atoms with Crippen LogP contribution in [0.15, 0.2) is 47.7 Å². The second-order valence-corrected chi connectivity index (χ2v) is 16.4. The first-order valence-electron chi connectivity index (χ1n) is 20.6. The van der Waals surface area contributed by atoms with Gasteiger partial charge in [0.2, 0.25) is 11.8 Å². The minimum atomic E-state index is -2.84. The standard InChI is InChI=1S/C42H47F2N11O4/c1-50-37-28(7-3-9-33(37)55(42(50)59)34-14-15-35(56)48-41(34)58)8-4-17-51-19-21-52(22-20-51)24-26-10-12-29(13-11-26)54-25-32(36(49-54)38(43)44)47-40(57)30-23-45-53-18-16-31(46-39(30)53)27-5-2-6-27/h3,7,9,16,18,23,25-27,29,34,38H,2,5-6,10-15,17,19-22,24H2,1H3,(H,47,57)(H,48,56,58). The Bertz CT molecular complexity index is 2540. The number of para-hydroxylation sites is 1. The summed E-state index contributed by atoms with van der Waals surface area (Å²) in [5.74, 6) is 6.10. The van der Waals surface area contributed by atoms with Gasteiger partial charge in [-0.1, -0.05) is 24.3 Å². The van der Waals surface area contributed by atoms with Gasteiger partial charge < -0.3 is 10.2 Å². The zero-order valence-electron chi connectivity index (χ0n) is 32.9. The Labute approximate surface area is 338 Å². The molecule has 17 heteroatoms. The maximum Gasteiger partial charge on any atom is 0.329 e. The molecule has 59 heavy (non-hydrogen) atoms. The van der Waals surface area contributed by atoms with Gasteiger partial charge >= 0.3 is 5.69 Å². The van der Waals surface area contributed by atoms with Gasteiger partial charge in [-0.2, -0.15) is 10.2 Å². The van der Waals surface area contributed by atoms with Crippen LogP contribution in [0.25, 0.3) is 16.7 Å². The van der Waals surface area contributed by atoms with E-state index >= 15 is 0 Å². The highest BCUT2D eigenvalue weighted by Gasteiger charge is 2.32. The highest BCUT2D eigenvalue weighted by atomic mass is 19.3. The van der Waals surface area contributed by atoms with E-state index in [1.807, 2.05) is 24.3 Å². The van der Waals surface area contributed by atoms with E-state index < -0.39 is 30.0 Å². The molecule has 2 saturated carbocycles. The summed E-state index contributed by atoms with van der Waals surface area (Å²) in [6.45, 7) is 5.16. The number of amides is 3. The lowest BCUT2D eigenvalue weighted by Crippen LogP contribution is -2.48. The number of piperazine rings is 1. The van der Waals surface area contributed by atoms with E-state index in [1.165, 1.54) is 19.8 Å². The van der Waals surface area contributed by atoms with Gasteiger partial charge in [0.05, 0.1) is 41.1 Å². The topological polar surface area (TPSA) is 157 Å². The van der Waals surface area contributed by atoms with E-state index in [-0.39, 0.29) is 41.7 Å². The van der Waals surface area contributed by atoms with Crippen molar-refractivity contribution in [1.29, 1.82) is 0 Å². The SMILES string of the molecule is Cn1c(=O)n(C2CCC(=O)NC2=O)c2cccc(C#CCN3CCN(CC4CCC(n5cc(NC(=O)c6cnn7ccc(C8CCC8)nc67)c(C(F)F)n5)CC4)CC3)c21. The number of aryl methyl sites for hydroxylation is 1. The molecular weight excluding hydrogens is 761 g/mol. The first-order chi connectivity index (χ1) is 28.6. The maximum atomic E-state index is 14.2. The third kappa shape index (κ3) is 7.67. The molecule has 9 rings (SSSR count). The average Bonchev–Trinajstić information content (AvgIpc) is 3.90. The number of nitrogens with one attached hydrogen (secondary N) is 2. The van der Waals surface area contributed by atoms with Crippen molar-refractivity contribution in [1.82, 2.24) is 48.6 Å². The van der Waals surface area contributed by atoms with Gasteiger partial charge in [-0.15, -0.1) is 0 Å². The zero-order valence-corrected chi connectivity index (χ0v) is 32.9. The number of imidazole rings is 1. The first-order valence-corrected chi connectivity index (χ1v) is 20.6. The second kappa shape index (κ2) is 16.1. The van der Waals surface area contributed by atoms with Crippen molar-refractivity contribution in [2.75, 3.05) is 44.6 Å². The van der Waals surface area contributed by atoms with Crippen molar-refractivity contribution >= 4 is 40.1 Å². The molecule has 1 atom stereocenters. The van der Waals surface area contributed by atoms with E-state index in [1.54, 1.807) is 24.1 Å². The molecule has 4 aromatic heterocycles. The fraction of sp³-hybridized carbons (Fsp3) is 0.500. The molecule has 2 N–H and O–H groups in total. The minimum Gasteiger partial charge on any atom is -0.319 e. The van der Waals surface area contributed by atoms with Crippen LogP contribution in [0, 0.1) is 17.8 Å². The molecular formula is C42H47F2N11O4. The predicted molar refractivity (Wildman–Crippen MR) is 214 cm³/mol. The maximum absolute atomic E-state index is 14.2. The van der Waals surface area contributed by atoms with Crippen LogP contribution in [-0.4, -0.2) is 100 Å². The van der Waals surface area contributed by atoms with Crippen LogP contribution in [0.5, 0.6) is 0 Å². The van der Waals surface area contributed by atoms with E-state index in [2.05, 4.69) is 42.5 Å². The Morgan fingerprint density at radius 3 is 2.51 bits per heavy atom. The van der Waals surface area contributed by atoms with Crippen LogP contribution >= 0.6 is 0 Å². The molecule has 5 aromatic rings. The number of carbonyl (C=O) groups is 3. The lowest BCUT2D eigenvalue weighted by molar-refractivity contribution is -0.135. The molecule has 6 heterocycles. The number of piperidine rings is 1. The quantitative estimate of drug-likeness (QED) is 0.163. The monoisotopic (exact) mass is 807 g/mol. The van der Waals surface area contributed by atoms with Gasteiger partial charge in [0.25, 0.3) is 12.3 Å². The van der Waals surface area contributed by atoms with E-state index in [4.69, 9.17) is 4.98 Å². The summed E-state index contributed by atoms with van der Waals surface area (Å²) in [4.78, 5) is 60.4. The Balaban J connectivity index is 0.768. The van der Waals surface area contributed by atoms with Gasteiger partial charge in [-0.25, -0.2) is 23.1 Å². The molecule has 0 bridgehead atoms. The smallest absolute Gasteiger partial charge is 0.319 e. The van der Waals surface area contributed by atoms with Crippen LogP contribution in [0.1, 0.15) is 110 Å². The molecule has 0 radical (unpaired) electrons. The highest BCUT2D eigenvalue weighted by Crippen LogP contribution is 2.37. The van der Waals surface area contributed by atoms with E-state index in [0.29, 0.717) is 40.6 Å². The third-order valence-electron chi connectivity index (χ3n) is 12.7. The summed E-state index contributed by atoms with van der Waals surface area (Å²) in [7, 11) is 1.68. The Morgan fingerprint density at radius 2 is 1.78 bits per heavy atom. The minimum absolute atomic E-state index is 0.00993. The van der Waals surface area contributed by atoms with Crippen LogP contribution in [0.3, 0.4) is 0 Å². The number of halogens is 2. The number of aromatic nitrogens is 7. The van der Waals surface area contributed by atoms with Gasteiger partial charge in [0.1, 0.15) is 11.6 Å². The number of carbonyl (C=O) groups excluding carboxylic acids is 3. The van der Waals surface area contributed by atoms with Crippen LogP contribution in [0.2, 0.25) is 0 Å². The number of benzene rings is 1. The Morgan fingerprint density at radius 1 is 1.00 bits per heavy atom. The van der Waals surface area contributed by atoms with Crippen LogP contribution in [0.4, 0.5) is 14.5 Å². The molecule has 3 amide bonds. The van der Waals surface area contributed by atoms with Crippen molar-refractivity contribution in [3.63, 3.8) is 0 Å². The number of anilines is 1. The predicted octanol–water partition coefficient (Wildman–Crippen LogP) is 4.41. The van der Waals surface area contributed by atoms with Crippen LogP contribution < -0.4 is 16.3 Å². The number of nitrogens with zero attached hydrogens (tertiary/aromatic N) is 9. The summed E-state index contributed by atoms with van der Waals surface area (Å²) in [5, 5.41) is 13.6. The average molecular weight is 808 g/mol. The summed E-state index contributed by atoms with van der Waals surface area (Å²) in [6.07, 6.45) is 9.19. The molecule has 4 aliphatic rings. The second-order valence-electron chi connectivity index (χ2n) is 16.4. The van der Waals surface area contributed by atoms with Crippen molar-refractivity contribution in [3.8, 4) is 11.8 Å². The summed E-state index contributed by atoms with van der Waals surface area (Å²) in [6, 6.07) is 6.67. The van der Waals surface area contributed by atoms with Crippen molar-refractivity contribution < 1.29 is 23.2 Å². The highest BCUT2D eigenvalue weighted by molar-refractivity contribution is 6.08. The summed E-state index contributed by atoms with van der Waals surface area (Å²) < 4.78 is 34.5. The fourth-order valence-electron chi connectivity index (χ4n) is 9.12. The van der Waals surface area contributed by atoms with E-state index in [0.717, 1.165) is 83.4 Å². The number of rotatable bonds is 9. The van der Waals surface area contributed by atoms with Gasteiger partial charge in [-0.05, 0) is 69.1 Å². The van der Waals surface area contributed by atoms with Gasteiger partial charge in [-0.3, -0.25) is 38.4 Å². The number of fused-ring (bicyclic) bond motifs is 2. The van der Waals surface area contributed by atoms with Crippen molar-refractivity contribution in [2.45, 2.75) is 82.2 Å². The molecule has 1 unspecified atom stereocenters. The third-order valence-corrected chi connectivity index (χ3v) is 12.7. The molecule has 1 aromatic carbocycles. The van der Waals surface area contributed by atoms with Gasteiger partial charge in [0, 0.05) is 70.2 Å². The summed E-state index contributed by atoms with van der Waals surface area (Å²) in [5.41, 5.74) is 2.81. The zero-order chi connectivity index (χ0) is 40.8. The lowest BCUT2D eigenvalue weighted by Gasteiger charge is -2.37. The number of hydrogen-bond acceptors (Lipinski definition) is 9. The molecule has 2 saturated heterocycles. The first kappa shape index (κ1) is 38.8. The van der Waals surface area contributed by atoms with Gasteiger partial charge in [0.15, 0.2) is 11.3 Å². The fourth-order valence-corrected chi connectivity index (χ4v) is 9.12. The molecule has 2 aliphatic heterocycles. The summed E-state index contributed by atoms with van der Waals surface area (Å²) >= 11 is 0. The number of hydrogen-bond donors (Lipinski definition) is 2. The normalized spacial score (nSPS) is 22.1. The number of alkyl halides is 2. The Hall–Kier alpha value is -5.73. The molecule has 4 fully saturated rings. The molecule has 2 aliphatic carbocycles. The molecule has 308 valence electrons. The van der Waals surface area contributed by atoms with Crippen molar-refractivity contribution in [2.24, 2.45) is 13.0 Å². The molecule has 15 nitrogen and oxygen atoms in total. The lowest BCUT2D eigenvalue weighted by atomic mass is 9.83. The largest absolute Gasteiger partial charge is 0.329 e. The van der Waals surface area contributed by atoms with Crippen LogP contribution in [-0.2, 0) is 16.6 Å². The number of imide groups is 1. The van der Waals surface area contributed by atoms with Crippen molar-refractivity contribution in [3.05, 3.63) is 75.9 Å². The molecule has 0 spiro atoms. The Kier molecular flexibility index (Phi) is 10.6. The van der Waals surface area contributed by atoms with E-state index in [9.17, 15) is 28.0 Å².